The van der Waals surface area contributed by atoms with E-state index in [1.54, 1.807) is 35.3 Å². The molecule has 5 aromatic rings. The fourth-order valence-electron chi connectivity index (χ4n) is 3.91. The summed E-state index contributed by atoms with van der Waals surface area (Å²) in [6.07, 6.45) is -1.08. The second kappa shape index (κ2) is 7.37. The van der Waals surface area contributed by atoms with Gasteiger partial charge in [-0.05, 0) is 60.5 Å². The van der Waals surface area contributed by atoms with Crippen LogP contribution in [-0.2, 0) is 6.18 Å². The van der Waals surface area contributed by atoms with Crippen LogP contribution in [0.15, 0.2) is 67.0 Å². The fourth-order valence-corrected chi connectivity index (χ4v) is 3.91. The lowest BCUT2D eigenvalue weighted by molar-refractivity contribution is -0.137. The first kappa shape index (κ1) is 20.6. The lowest BCUT2D eigenvalue weighted by atomic mass is 9.95. The van der Waals surface area contributed by atoms with Gasteiger partial charge in [-0.2, -0.15) is 23.3 Å². The molecule has 0 saturated carbocycles. The molecule has 4 N–H and O–H groups in total. The van der Waals surface area contributed by atoms with Gasteiger partial charge in [0.15, 0.2) is 5.65 Å². The average molecular weight is 449 g/mol. The minimum Gasteiger partial charge on any atom is -0.399 e. The highest BCUT2D eigenvalue weighted by Gasteiger charge is 2.31. The van der Waals surface area contributed by atoms with Crippen molar-refractivity contribution in [2.75, 3.05) is 11.5 Å². The van der Waals surface area contributed by atoms with Crippen LogP contribution in [0.5, 0.6) is 0 Å². The lowest BCUT2D eigenvalue weighted by Gasteiger charge is -2.16. The molecule has 0 bridgehead atoms. The molecular formula is C23H18F3N7. The van der Waals surface area contributed by atoms with Gasteiger partial charge in [0, 0.05) is 23.0 Å². The predicted octanol–water partition coefficient (Wildman–Crippen LogP) is 4.74. The number of aromatic nitrogens is 5. The summed E-state index contributed by atoms with van der Waals surface area (Å²) < 4.78 is 43.4. The summed E-state index contributed by atoms with van der Waals surface area (Å²) in [6, 6.07) is 14.2. The summed E-state index contributed by atoms with van der Waals surface area (Å²) in [4.78, 5) is 4.27. The summed E-state index contributed by atoms with van der Waals surface area (Å²) in [5, 5.41) is 8.64. The number of halogens is 3. The maximum atomic E-state index is 13.4. The van der Waals surface area contributed by atoms with Crippen molar-refractivity contribution in [3.05, 3.63) is 78.1 Å². The largest absolute Gasteiger partial charge is 0.416 e. The van der Waals surface area contributed by atoms with Gasteiger partial charge in [0.2, 0.25) is 5.95 Å². The topological polar surface area (TPSA) is 100 Å². The van der Waals surface area contributed by atoms with Crippen molar-refractivity contribution < 1.29 is 13.2 Å². The molecule has 0 saturated heterocycles. The number of nitrogens with two attached hydrogens (primary N) is 2. The van der Waals surface area contributed by atoms with Crippen LogP contribution in [0.4, 0.5) is 24.8 Å². The Kier molecular flexibility index (Phi) is 4.59. The molecule has 0 fully saturated rings. The summed E-state index contributed by atoms with van der Waals surface area (Å²) in [5.41, 5.74) is 15.7. The fraction of sp³-hybridized carbons (Fsp3) is 0.0870. The first-order valence-electron chi connectivity index (χ1n) is 9.96. The monoisotopic (exact) mass is 449 g/mol. The van der Waals surface area contributed by atoms with E-state index in [4.69, 9.17) is 11.5 Å². The average Bonchev–Trinajstić information content (AvgIpc) is 3.39. The van der Waals surface area contributed by atoms with Gasteiger partial charge < -0.3 is 11.5 Å². The molecule has 0 radical (unpaired) electrons. The third-order valence-corrected chi connectivity index (χ3v) is 5.44. The van der Waals surface area contributed by atoms with Gasteiger partial charge in [0.05, 0.1) is 23.1 Å². The van der Waals surface area contributed by atoms with Gasteiger partial charge in [-0.3, -0.25) is 0 Å². The Labute approximate surface area is 186 Å². The highest BCUT2D eigenvalue weighted by atomic mass is 19.4. The van der Waals surface area contributed by atoms with E-state index in [2.05, 4.69) is 15.2 Å². The summed E-state index contributed by atoms with van der Waals surface area (Å²) in [7, 11) is 0. The van der Waals surface area contributed by atoms with Gasteiger partial charge in [-0.25, -0.2) is 9.20 Å². The van der Waals surface area contributed by atoms with Crippen molar-refractivity contribution in [3.63, 3.8) is 0 Å². The predicted molar refractivity (Wildman–Crippen MR) is 120 cm³/mol. The Hall–Kier alpha value is -4.34. The first-order valence-corrected chi connectivity index (χ1v) is 9.96. The van der Waals surface area contributed by atoms with Crippen LogP contribution < -0.4 is 11.5 Å². The van der Waals surface area contributed by atoms with E-state index in [0.29, 0.717) is 33.6 Å². The molecule has 5 rings (SSSR count). The first-order chi connectivity index (χ1) is 15.7. The Morgan fingerprint density at radius 1 is 0.970 bits per heavy atom. The molecule has 7 nitrogen and oxygen atoms in total. The van der Waals surface area contributed by atoms with Crippen LogP contribution in [0.1, 0.15) is 11.1 Å². The quantitative estimate of drug-likeness (QED) is 0.388. The number of nitrogen functional groups attached to an aromatic ring is 2. The van der Waals surface area contributed by atoms with Gasteiger partial charge >= 0.3 is 6.18 Å². The minimum atomic E-state index is -4.47. The number of pyridine rings is 1. The number of hydrogen-bond donors (Lipinski definition) is 2. The van der Waals surface area contributed by atoms with Crippen LogP contribution in [0.25, 0.3) is 33.7 Å². The lowest BCUT2D eigenvalue weighted by Crippen LogP contribution is -2.06. The maximum absolute atomic E-state index is 13.4. The minimum absolute atomic E-state index is 0.0202. The number of anilines is 2. The van der Waals surface area contributed by atoms with Crippen LogP contribution in [0.3, 0.4) is 0 Å². The molecule has 0 aliphatic carbocycles. The Morgan fingerprint density at radius 3 is 2.45 bits per heavy atom. The number of rotatable bonds is 3. The molecule has 3 heterocycles. The van der Waals surface area contributed by atoms with E-state index in [-0.39, 0.29) is 5.95 Å². The zero-order chi connectivity index (χ0) is 23.3. The van der Waals surface area contributed by atoms with E-state index in [9.17, 15) is 13.2 Å². The molecule has 10 heteroatoms. The van der Waals surface area contributed by atoms with E-state index in [1.807, 2.05) is 25.1 Å². The number of fused-ring (bicyclic) bond motifs is 1. The number of benzene rings is 2. The van der Waals surface area contributed by atoms with E-state index in [0.717, 1.165) is 23.5 Å². The zero-order valence-electron chi connectivity index (χ0n) is 17.4. The van der Waals surface area contributed by atoms with Crippen molar-refractivity contribution in [1.29, 1.82) is 0 Å². The van der Waals surface area contributed by atoms with Gasteiger partial charge in [0.1, 0.15) is 0 Å². The third kappa shape index (κ3) is 3.55. The molecule has 166 valence electrons. The van der Waals surface area contributed by atoms with Crippen LogP contribution in [0, 0.1) is 6.92 Å². The molecule has 0 aliphatic heterocycles. The van der Waals surface area contributed by atoms with Crippen molar-refractivity contribution in [2.45, 2.75) is 13.1 Å². The molecule has 33 heavy (non-hydrogen) atoms. The normalized spacial score (nSPS) is 11.9. The van der Waals surface area contributed by atoms with Gasteiger partial charge in [0.25, 0.3) is 0 Å². The molecule has 0 atom stereocenters. The molecular weight excluding hydrogens is 431 g/mol. The zero-order valence-corrected chi connectivity index (χ0v) is 17.4. The van der Waals surface area contributed by atoms with Crippen LogP contribution >= 0.6 is 0 Å². The maximum Gasteiger partial charge on any atom is 0.416 e. The standard InChI is InChI=1S/C23H18F3N7/c1-13-18(19-9-10-29-33(19)17-7-5-16(27)6-8-17)12-32-21(30-22(28)31-32)20(13)14-3-2-4-15(11-14)23(24,25)26/h2-12H,27H2,1H3,(H2,28,31). The molecule has 0 amide bonds. The third-order valence-electron chi connectivity index (χ3n) is 5.44. The smallest absolute Gasteiger partial charge is 0.399 e. The van der Waals surface area contributed by atoms with E-state index >= 15 is 0 Å². The number of nitrogens with zero attached hydrogens (tertiary/aromatic N) is 5. The molecule has 2 aromatic carbocycles. The molecule has 0 unspecified atom stereocenters. The molecule has 0 aliphatic rings. The Morgan fingerprint density at radius 2 is 1.73 bits per heavy atom. The molecule has 3 aromatic heterocycles. The Balaban J connectivity index is 1.77. The Bertz CT molecular complexity index is 1480. The summed E-state index contributed by atoms with van der Waals surface area (Å²) in [6.45, 7) is 1.83. The second-order valence-corrected chi connectivity index (χ2v) is 7.58. The van der Waals surface area contributed by atoms with Gasteiger partial charge in [-0.15, -0.1) is 5.10 Å². The molecule has 0 spiro atoms. The van der Waals surface area contributed by atoms with E-state index in [1.165, 1.54) is 10.6 Å². The van der Waals surface area contributed by atoms with Gasteiger partial charge in [-0.1, -0.05) is 12.1 Å². The number of alkyl halides is 3. The van der Waals surface area contributed by atoms with E-state index < -0.39 is 11.7 Å². The SMILES string of the molecule is Cc1c(-c2ccnn2-c2ccc(N)cc2)cn2nc(N)nc2c1-c1cccc(C(F)(F)F)c1. The number of hydrogen-bond acceptors (Lipinski definition) is 5. The van der Waals surface area contributed by atoms with Crippen molar-refractivity contribution in [2.24, 2.45) is 0 Å². The van der Waals surface area contributed by atoms with Crippen molar-refractivity contribution in [3.8, 4) is 28.1 Å². The van der Waals surface area contributed by atoms with Crippen molar-refractivity contribution in [1.82, 2.24) is 24.4 Å². The van der Waals surface area contributed by atoms with Crippen LogP contribution in [0.2, 0.25) is 0 Å². The summed E-state index contributed by atoms with van der Waals surface area (Å²) in [5.74, 6) is 0.0202. The summed E-state index contributed by atoms with van der Waals surface area (Å²) >= 11 is 0. The van der Waals surface area contributed by atoms with Crippen molar-refractivity contribution >= 4 is 17.3 Å². The highest BCUT2D eigenvalue weighted by molar-refractivity contribution is 5.86. The second-order valence-electron chi connectivity index (χ2n) is 7.58. The highest BCUT2D eigenvalue weighted by Crippen LogP contribution is 2.38. The van der Waals surface area contributed by atoms with Crippen LogP contribution in [-0.4, -0.2) is 24.4 Å².